The van der Waals surface area contributed by atoms with Gasteiger partial charge in [-0.15, -0.1) is 0 Å². The van der Waals surface area contributed by atoms with E-state index in [1.807, 2.05) is 20.8 Å². The lowest BCUT2D eigenvalue weighted by Gasteiger charge is -2.27. The van der Waals surface area contributed by atoms with Crippen LogP contribution in [0.15, 0.2) is 12.1 Å². The molecule has 0 spiro atoms. The highest BCUT2D eigenvalue weighted by Crippen LogP contribution is 2.34. The molecule has 24 heavy (non-hydrogen) atoms. The molecule has 1 aliphatic carbocycles. The van der Waals surface area contributed by atoms with Gasteiger partial charge in [-0.25, -0.2) is 4.39 Å². The van der Waals surface area contributed by atoms with Crippen molar-refractivity contribution in [2.24, 2.45) is 0 Å². The van der Waals surface area contributed by atoms with Crippen LogP contribution in [0.5, 0.6) is 0 Å². The summed E-state index contributed by atoms with van der Waals surface area (Å²) in [7, 11) is 0. The van der Waals surface area contributed by atoms with E-state index in [2.05, 4.69) is 0 Å². The first-order chi connectivity index (χ1) is 11.1. The summed E-state index contributed by atoms with van der Waals surface area (Å²) in [6, 6.07) is 1.55. The molecule has 126 valence electrons. The van der Waals surface area contributed by atoms with Crippen molar-refractivity contribution in [2.45, 2.75) is 51.5 Å². The number of ketones is 2. The second kappa shape index (κ2) is 5.33. The molecular formula is C18H18FNO4. The highest BCUT2D eigenvalue weighted by Gasteiger charge is 2.45. The number of amides is 2. The summed E-state index contributed by atoms with van der Waals surface area (Å²) in [6.45, 7) is 5.44. The summed E-state index contributed by atoms with van der Waals surface area (Å²) in [6.07, 6.45) is 0.0306. The lowest BCUT2D eigenvalue weighted by molar-refractivity contribution is -0.132. The molecule has 5 nitrogen and oxygen atoms in total. The zero-order valence-electron chi connectivity index (χ0n) is 13.8. The Hall–Kier alpha value is -2.37. The van der Waals surface area contributed by atoms with E-state index in [0.29, 0.717) is 5.56 Å². The predicted octanol–water partition coefficient (Wildman–Crippen LogP) is 2.41. The van der Waals surface area contributed by atoms with Gasteiger partial charge in [-0.1, -0.05) is 20.8 Å². The van der Waals surface area contributed by atoms with Gasteiger partial charge in [-0.05, 0) is 29.5 Å². The fraction of sp³-hybridized carbons (Fsp3) is 0.444. The Kier molecular flexibility index (Phi) is 3.66. The van der Waals surface area contributed by atoms with Crippen LogP contribution in [0.3, 0.4) is 0 Å². The van der Waals surface area contributed by atoms with Crippen LogP contribution in [0, 0.1) is 5.82 Å². The maximum Gasteiger partial charge on any atom is 0.262 e. The van der Waals surface area contributed by atoms with E-state index in [0.717, 1.165) is 11.0 Å². The summed E-state index contributed by atoms with van der Waals surface area (Å²) >= 11 is 0. The number of halogens is 1. The molecule has 0 bridgehead atoms. The number of benzene rings is 1. The highest BCUT2D eigenvalue weighted by molar-refractivity contribution is 6.23. The summed E-state index contributed by atoms with van der Waals surface area (Å²) < 4.78 is 14.3. The first-order valence-corrected chi connectivity index (χ1v) is 7.87. The van der Waals surface area contributed by atoms with Gasteiger partial charge < -0.3 is 0 Å². The van der Waals surface area contributed by atoms with E-state index in [9.17, 15) is 23.6 Å². The minimum Gasteiger partial charge on any atom is -0.299 e. The number of Topliss-reactive ketones (excluding diaryl/α,β-unsaturated/α-hetero) is 2. The summed E-state index contributed by atoms with van der Waals surface area (Å²) in [5.41, 5.74) is -0.0798. The summed E-state index contributed by atoms with van der Waals surface area (Å²) in [4.78, 5) is 49.6. The summed E-state index contributed by atoms with van der Waals surface area (Å²) in [5.74, 6) is -2.42. The van der Waals surface area contributed by atoms with Crippen molar-refractivity contribution < 1.29 is 23.6 Å². The molecule has 2 aliphatic rings. The Balaban J connectivity index is 2.03. The van der Waals surface area contributed by atoms with Gasteiger partial charge in [0, 0.05) is 6.42 Å². The van der Waals surface area contributed by atoms with Crippen molar-refractivity contribution in [2.75, 3.05) is 0 Å². The Morgan fingerprint density at radius 2 is 1.62 bits per heavy atom. The number of hydrogen-bond acceptors (Lipinski definition) is 4. The van der Waals surface area contributed by atoms with Crippen LogP contribution in [0.1, 0.15) is 66.3 Å². The molecule has 0 N–H and O–H groups in total. The lowest BCUT2D eigenvalue weighted by Crippen LogP contribution is -2.47. The van der Waals surface area contributed by atoms with Gasteiger partial charge in [0.05, 0.1) is 23.6 Å². The molecular weight excluding hydrogens is 313 g/mol. The van der Waals surface area contributed by atoms with Crippen molar-refractivity contribution in [3.05, 3.63) is 34.6 Å². The quantitative estimate of drug-likeness (QED) is 0.585. The number of carbonyl (C=O) groups excluding carboxylic acids is 4. The molecule has 3 rings (SSSR count). The zero-order valence-corrected chi connectivity index (χ0v) is 13.8. The van der Waals surface area contributed by atoms with Crippen molar-refractivity contribution in [1.82, 2.24) is 4.90 Å². The minimum absolute atomic E-state index is 0.0183. The van der Waals surface area contributed by atoms with E-state index in [4.69, 9.17) is 0 Å². The van der Waals surface area contributed by atoms with Crippen molar-refractivity contribution in [1.29, 1.82) is 0 Å². The Labute approximate surface area is 138 Å². The number of nitrogens with zero attached hydrogens (tertiary/aromatic N) is 1. The average molecular weight is 331 g/mol. The van der Waals surface area contributed by atoms with Gasteiger partial charge in [0.1, 0.15) is 11.6 Å². The Morgan fingerprint density at radius 3 is 2.17 bits per heavy atom. The molecule has 2 amide bonds. The van der Waals surface area contributed by atoms with Crippen LogP contribution in [0.2, 0.25) is 0 Å². The monoisotopic (exact) mass is 331 g/mol. The van der Waals surface area contributed by atoms with E-state index >= 15 is 0 Å². The molecule has 1 atom stereocenters. The standard InChI is InChI=1S/C18H18FNO4/c1-18(2,3)12-7-10-11(8-13(12)19)17(24)20(16(10)23)14-5-4-9(21)6-15(14)22/h7-8,14H,4-6H2,1-3H3/t14-/m0/s1. The fourth-order valence-corrected chi connectivity index (χ4v) is 3.27. The second-order valence-electron chi connectivity index (χ2n) is 7.34. The molecule has 1 aromatic carbocycles. The average Bonchev–Trinajstić information content (AvgIpc) is 2.69. The number of carbonyl (C=O) groups is 4. The SMILES string of the molecule is CC(C)(C)c1cc2c(cc1F)C(=O)N([C@H]1CCC(=O)CC1=O)C2=O. The third-order valence-corrected chi connectivity index (χ3v) is 4.56. The maximum absolute atomic E-state index is 14.3. The maximum atomic E-state index is 14.3. The third-order valence-electron chi connectivity index (χ3n) is 4.56. The number of fused-ring (bicyclic) bond motifs is 1. The lowest BCUT2D eigenvalue weighted by atomic mass is 9.85. The Morgan fingerprint density at radius 1 is 1.04 bits per heavy atom. The molecule has 1 aromatic rings. The minimum atomic E-state index is -0.934. The molecule has 0 saturated heterocycles. The second-order valence-corrected chi connectivity index (χ2v) is 7.34. The molecule has 1 heterocycles. The van der Waals surface area contributed by atoms with E-state index in [1.165, 1.54) is 6.07 Å². The molecule has 0 radical (unpaired) electrons. The third kappa shape index (κ3) is 2.46. The van der Waals surface area contributed by atoms with Crippen LogP contribution >= 0.6 is 0 Å². The highest BCUT2D eigenvalue weighted by atomic mass is 19.1. The van der Waals surface area contributed by atoms with Crippen LogP contribution in [-0.4, -0.2) is 34.3 Å². The molecule has 6 heteroatoms. The predicted molar refractivity (Wildman–Crippen MR) is 83.3 cm³/mol. The first kappa shape index (κ1) is 16.5. The molecule has 0 aromatic heterocycles. The first-order valence-electron chi connectivity index (χ1n) is 7.87. The largest absolute Gasteiger partial charge is 0.299 e. The number of hydrogen-bond donors (Lipinski definition) is 0. The summed E-state index contributed by atoms with van der Waals surface area (Å²) in [5, 5.41) is 0. The number of imide groups is 1. The van der Waals surface area contributed by atoms with Crippen LogP contribution < -0.4 is 0 Å². The van der Waals surface area contributed by atoms with Gasteiger partial charge >= 0.3 is 0 Å². The van der Waals surface area contributed by atoms with Crippen molar-refractivity contribution >= 4 is 23.4 Å². The molecule has 1 aliphatic heterocycles. The van der Waals surface area contributed by atoms with Crippen molar-refractivity contribution in [3.63, 3.8) is 0 Å². The van der Waals surface area contributed by atoms with Gasteiger partial charge in [0.15, 0.2) is 5.78 Å². The van der Waals surface area contributed by atoms with E-state index in [1.54, 1.807) is 0 Å². The number of rotatable bonds is 1. The smallest absolute Gasteiger partial charge is 0.262 e. The van der Waals surface area contributed by atoms with Crippen LogP contribution in [-0.2, 0) is 15.0 Å². The molecule has 1 fully saturated rings. The van der Waals surface area contributed by atoms with Crippen LogP contribution in [0.4, 0.5) is 4.39 Å². The molecule has 1 saturated carbocycles. The van der Waals surface area contributed by atoms with E-state index in [-0.39, 0.29) is 36.2 Å². The Bertz CT molecular complexity index is 791. The molecule has 0 unspecified atom stereocenters. The van der Waals surface area contributed by atoms with Gasteiger partial charge in [0.2, 0.25) is 0 Å². The fourth-order valence-electron chi connectivity index (χ4n) is 3.27. The topological polar surface area (TPSA) is 71.5 Å². The van der Waals surface area contributed by atoms with E-state index < -0.39 is 34.9 Å². The van der Waals surface area contributed by atoms with Gasteiger partial charge in [-0.3, -0.25) is 24.1 Å². The van der Waals surface area contributed by atoms with Gasteiger partial charge in [0.25, 0.3) is 11.8 Å². The van der Waals surface area contributed by atoms with Gasteiger partial charge in [-0.2, -0.15) is 0 Å². The normalized spacial score (nSPS) is 21.5. The van der Waals surface area contributed by atoms with Crippen LogP contribution in [0.25, 0.3) is 0 Å². The zero-order chi connectivity index (χ0) is 17.8. The van der Waals surface area contributed by atoms with Crippen molar-refractivity contribution in [3.8, 4) is 0 Å².